The van der Waals surface area contributed by atoms with E-state index in [0.717, 1.165) is 6.42 Å². The molecule has 0 saturated heterocycles. The number of nitrogens with one attached hydrogen (secondary N) is 3. The van der Waals surface area contributed by atoms with E-state index in [0.29, 0.717) is 18.5 Å². The molecule has 0 bridgehead atoms. The summed E-state index contributed by atoms with van der Waals surface area (Å²) in [5.41, 5.74) is -0.565. The van der Waals surface area contributed by atoms with E-state index in [1.807, 2.05) is 6.92 Å². The summed E-state index contributed by atoms with van der Waals surface area (Å²) in [6.07, 6.45) is 1.56. The number of H-pyrrole nitrogens is 1. The van der Waals surface area contributed by atoms with E-state index in [1.165, 1.54) is 22.8 Å². The molecule has 0 fully saturated rings. The molecular weight excluding hydrogens is 315 g/mol. The second-order valence-corrected chi connectivity index (χ2v) is 5.61. The first-order valence-corrected chi connectivity index (χ1v) is 7.71. The molecule has 8 heteroatoms. The molecule has 1 atom stereocenters. The van der Waals surface area contributed by atoms with Gasteiger partial charge in [0, 0.05) is 6.54 Å². The molecule has 2 heterocycles. The molecule has 0 saturated carbocycles. The van der Waals surface area contributed by atoms with Gasteiger partial charge in [0.05, 0.1) is 11.6 Å². The molecule has 7 nitrogen and oxygen atoms in total. The third-order valence-electron chi connectivity index (χ3n) is 3.95. The minimum atomic E-state index is -0.832. The number of fused-ring (bicyclic) bond motifs is 1. The minimum absolute atomic E-state index is 0.162. The van der Waals surface area contributed by atoms with Crippen molar-refractivity contribution in [2.45, 2.75) is 32.4 Å². The van der Waals surface area contributed by atoms with Gasteiger partial charge in [0.1, 0.15) is 11.6 Å². The Labute approximate surface area is 136 Å². The van der Waals surface area contributed by atoms with Crippen LogP contribution in [0, 0.1) is 5.82 Å². The van der Waals surface area contributed by atoms with E-state index in [-0.39, 0.29) is 11.4 Å². The summed E-state index contributed by atoms with van der Waals surface area (Å²) in [5.74, 6) is -0.312. The van der Waals surface area contributed by atoms with Crippen LogP contribution in [0.15, 0.2) is 33.9 Å². The van der Waals surface area contributed by atoms with Gasteiger partial charge >= 0.3 is 11.7 Å². The van der Waals surface area contributed by atoms with Gasteiger partial charge in [0.2, 0.25) is 0 Å². The van der Waals surface area contributed by atoms with E-state index in [1.54, 1.807) is 6.07 Å². The third kappa shape index (κ3) is 2.82. The molecule has 1 aliphatic rings. The summed E-state index contributed by atoms with van der Waals surface area (Å²) < 4.78 is 14.9. The van der Waals surface area contributed by atoms with Crippen LogP contribution in [0.25, 0.3) is 0 Å². The Morgan fingerprint density at radius 1 is 1.25 bits per heavy atom. The van der Waals surface area contributed by atoms with Gasteiger partial charge in [-0.3, -0.25) is 19.7 Å². The molecule has 1 aromatic carbocycles. The van der Waals surface area contributed by atoms with Crippen LogP contribution in [0.3, 0.4) is 0 Å². The molecule has 1 unspecified atom stereocenters. The zero-order valence-corrected chi connectivity index (χ0v) is 13.1. The van der Waals surface area contributed by atoms with Gasteiger partial charge in [-0.2, -0.15) is 0 Å². The van der Waals surface area contributed by atoms with Crippen LogP contribution in [0.1, 0.15) is 36.9 Å². The lowest BCUT2D eigenvalue weighted by atomic mass is 9.98. The third-order valence-corrected chi connectivity index (χ3v) is 3.95. The van der Waals surface area contributed by atoms with Crippen LogP contribution >= 0.6 is 0 Å². The van der Waals surface area contributed by atoms with Crippen molar-refractivity contribution >= 4 is 11.8 Å². The standard InChI is InChI=1S/C16H17FN4O3/c1-2-3-7-21-13-11(14(22)20-16(21)24)12(18-15(23)19-13)9-5-4-6-10(17)8-9/h4-6,8,12H,2-3,7H2,1H3,(H2,18,19,23)(H,20,22,24). The number of anilines is 1. The van der Waals surface area contributed by atoms with Gasteiger partial charge in [-0.05, 0) is 24.1 Å². The van der Waals surface area contributed by atoms with E-state index in [2.05, 4.69) is 15.6 Å². The number of benzene rings is 1. The van der Waals surface area contributed by atoms with Crippen molar-refractivity contribution in [2.24, 2.45) is 0 Å². The number of hydrogen-bond acceptors (Lipinski definition) is 3. The summed E-state index contributed by atoms with van der Waals surface area (Å²) in [6.45, 7) is 2.34. The summed E-state index contributed by atoms with van der Waals surface area (Å²) in [5, 5.41) is 5.14. The molecule has 0 spiro atoms. The maximum absolute atomic E-state index is 13.5. The number of carbonyl (C=O) groups excluding carboxylic acids is 1. The first-order chi connectivity index (χ1) is 11.5. The van der Waals surface area contributed by atoms with Crippen molar-refractivity contribution in [1.29, 1.82) is 0 Å². The molecule has 3 N–H and O–H groups in total. The van der Waals surface area contributed by atoms with Crippen molar-refractivity contribution in [3.63, 3.8) is 0 Å². The highest BCUT2D eigenvalue weighted by Crippen LogP contribution is 2.28. The van der Waals surface area contributed by atoms with E-state index >= 15 is 0 Å². The molecule has 0 radical (unpaired) electrons. The average molecular weight is 332 g/mol. The van der Waals surface area contributed by atoms with Crippen molar-refractivity contribution < 1.29 is 9.18 Å². The Hall–Kier alpha value is -2.90. The first kappa shape index (κ1) is 16.0. The van der Waals surface area contributed by atoms with Crippen LogP contribution in [-0.2, 0) is 6.54 Å². The number of hydrogen-bond donors (Lipinski definition) is 3. The van der Waals surface area contributed by atoms with Gasteiger partial charge in [-0.1, -0.05) is 25.5 Å². The van der Waals surface area contributed by atoms with Crippen LogP contribution in [0.5, 0.6) is 0 Å². The molecular formula is C16H17FN4O3. The Balaban J connectivity index is 2.20. The first-order valence-electron chi connectivity index (χ1n) is 7.71. The van der Waals surface area contributed by atoms with Crippen LogP contribution in [0.4, 0.5) is 15.0 Å². The van der Waals surface area contributed by atoms with E-state index < -0.39 is 29.1 Å². The van der Waals surface area contributed by atoms with Gasteiger partial charge in [-0.25, -0.2) is 14.0 Å². The van der Waals surface area contributed by atoms with Gasteiger partial charge in [0.25, 0.3) is 5.56 Å². The van der Waals surface area contributed by atoms with Crippen LogP contribution < -0.4 is 21.9 Å². The Bertz CT molecular complexity index is 903. The summed E-state index contributed by atoms with van der Waals surface area (Å²) in [6, 6.07) is 4.26. The molecule has 1 aliphatic heterocycles. The number of nitrogens with zero attached hydrogens (tertiary/aromatic N) is 1. The Kier molecular flexibility index (Phi) is 4.20. The topological polar surface area (TPSA) is 96.0 Å². The number of aromatic amines is 1. The van der Waals surface area contributed by atoms with Crippen molar-refractivity contribution in [2.75, 3.05) is 5.32 Å². The fourth-order valence-electron chi connectivity index (χ4n) is 2.80. The predicted octanol–water partition coefficient (Wildman–Crippen LogP) is 1.70. The SMILES string of the molecule is CCCCn1c2c(c(=O)[nH]c1=O)C(c1cccc(F)c1)NC(=O)N2. The zero-order chi connectivity index (χ0) is 17.3. The van der Waals surface area contributed by atoms with Crippen molar-refractivity contribution in [3.05, 3.63) is 62.0 Å². The maximum Gasteiger partial charge on any atom is 0.329 e. The fraction of sp³-hybridized carbons (Fsp3) is 0.312. The second kappa shape index (κ2) is 6.31. The minimum Gasteiger partial charge on any atom is -0.327 e. The number of unbranched alkanes of at least 4 members (excludes halogenated alkanes) is 1. The number of rotatable bonds is 4. The maximum atomic E-state index is 13.5. The van der Waals surface area contributed by atoms with Gasteiger partial charge in [0.15, 0.2) is 0 Å². The van der Waals surface area contributed by atoms with Crippen molar-refractivity contribution in [1.82, 2.24) is 14.9 Å². The van der Waals surface area contributed by atoms with E-state index in [9.17, 15) is 18.8 Å². The lowest BCUT2D eigenvalue weighted by Crippen LogP contribution is -2.46. The molecule has 2 amide bonds. The quantitative estimate of drug-likeness (QED) is 0.795. The van der Waals surface area contributed by atoms with Crippen LogP contribution in [0.2, 0.25) is 0 Å². The number of amides is 2. The predicted molar refractivity (Wildman–Crippen MR) is 86.6 cm³/mol. The summed E-state index contributed by atoms with van der Waals surface area (Å²) in [4.78, 5) is 38.7. The molecule has 24 heavy (non-hydrogen) atoms. The molecule has 2 aromatic rings. The van der Waals surface area contributed by atoms with Crippen LogP contribution in [-0.4, -0.2) is 15.6 Å². The molecule has 0 aliphatic carbocycles. The number of carbonyl (C=O) groups is 1. The summed E-state index contributed by atoms with van der Waals surface area (Å²) in [7, 11) is 0. The molecule has 1 aromatic heterocycles. The monoisotopic (exact) mass is 332 g/mol. The lowest BCUT2D eigenvalue weighted by molar-refractivity contribution is 0.248. The number of halogens is 1. The van der Waals surface area contributed by atoms with Gasteiger partial charge in [-0.15, -0.1) is 0 Å². The lowest BCUT2D eigenvalue weighted by Gasteiger charge is -2.28. The molecule has 3 rings (SSSR count). The number of aromatic nitrogens is 2. The smallest absolute Gasteiger partial charge is 0.327 e. The highest BCUT2D eigenvalue weighted by Gasteiger charge is 2.31. The second-order valence-electron chi connectivity index (χ2n) is 5.61. The largest absolute Gasteiger partial charge is 0.329 e. The van der Waals surface area contributed by atoms with E-state index in [4.69, 9.17) is 0 Å². The molecule has 126 valence electrons. The Morgan fingerprint density at radius 2 is 2.04 bits per heavy atom. The zero-order valence-electron chi connectivity index (χ0n) is 13.1. The normalized spacial score (nSPS) is 16.2. The Morgan fingerprint density at radius 3 is 2.75 bits per heavy atom. The highest BCUT2D eigenvalue weighted by molar-refractivity contribution is 5.92. The van der Waals surface area contributed by atoms with Gasteiger partial charge < -0.3 is 5.32 Å². The number of urea groups is 1. The van der Waals surface area contributed by atoms with Crippen molar-refractivity contribution in [3.8, 4) is 0 Å². The average Bonchev–Trinajstić information content (AvgIpc) is 2.53. The highest BCUT2D eigenvalue weighted by atomic mass is 19.1. The summed E-state index contributed by atoms with van der Waals surface area (Å²) >= 11 is 0. The fourth-order valence-corrected chi connectivity index (χ4v) is 2.80.